The quantitative estimate of drug-likeness (QED) is 0.883. The summed E-state index contributed by atoms with van der Waals surface area (Å²) in [4.78, 5) is 16.3. The Bertz CT molecular complexity index is 482. The second-order valence-corrected chi connectivity index (χ2v) is 8.30. The Morgan fingerprint density at radius 2 is 2.10 bits per heavy atom. The standard InChI is InChI=1S/C15H20BrNO2S/c1-9-14(16)7-13(20-9)8-17-11-2-3-12(17)5-10(4-11)6-15(18)19/h7,10-12H,2-6,8H2,1H3,(H,18,19). The minimum absolute atomic E-state index is 0.352. The van der Waals surface area contributed by atoms with E-state index in [2.05, 4.69) is 33.8 Å². The molecule has 1 aromatic heterocycles. The lowest BCUT2D eigenvalue weighted by molar-refractivity contribution is -0.138. The molecule has 0 spiro atoms. The lowest BCUT2D eigenvalue weighted by Gasteiger charge is -2.38. The van der Waals surface area contributed by atoms with Crippen LogP contribution in [0.2, 0.25) is 0 Å². The van der Waals surface area contributed by atoms with Gasteiger partial charge in [0.05, 0.1) is 0 Å². The van der Waals surface area contributed by atoms with Crippen LogP contribution in [0.1, 0.15) is 41.9 Å². The van der Waals surface area contributed by atoms with Crippen LogP contribution in [-0.2, 0) is 11.3 Å². The minimum Gasteiger partial charge on any atom is -0.481 e. The molecule has 3 rings (SSSR count). The largest absolute Gasteiger partial charge is 0.481 e. The van der Waals surface area contributed by atoms with Crippen LogP contribution in [0.15, 0.2) is 10.5 Å². The number of carbonyl (C=O) groups is 1. The molecular formula is C15H20BrNO2S. The molecule has 2 aliphatic heterocycles. The van der Waals surface area contributed by atoms with Gasteiger partial charge in [0.25, 0.3) is 0 Å². The van der Waals surface area contributed by atoms with Crippen molar-refractivity contribution in [2.45, 2.75) is 57.7 Å². The van der Waals surface area contributed by atoms with Gasteiger partial charge in [-0.15, -0.1) is 11.3 Å². The van der Waals surface area contributed by atoms with Gasteiger partial charge in [-0.3, -0.25) is 9.69 Å². The van der Waals surface area contributed by atoms with Crippen molar-refractivity contribution >= 4 is 33.2 Å². The SMILES string of the molecule is Cc1sc(CN2C3CCC2CC(CC(=O)O)C3)cc1Br. The van der Waals surface area contributed by atoms with Crippen LogP contribution >= 0.6 is 27.3 Å². The molecular weight excluding hydrogens is 338 g/mol. The fourth-order valence-electron chi connectivity index (χ4n) is 3.83. The molecule has 5 heteroatoms. The lowest BCUT2D eigenvalue weighted by Crippen LogP contribution is -2.42. The van der Waals surface area contributed by atoms with Crippen molar-refractivity contribution in [1.82, 2.24) is 4.90 Å². The van der Waals surface area contributed by atoms with Gasteiger partial charge in [0.15, 0.2) is 0 Å². The van der Waals surface area contributed by atoms with Gasteiger partial charge in [-0.05, 0) is 60.5 Å². The Morgan fingerprint density at radius 1 is 1.45 bits per heavy atom. The summed E-state index contributed by atoms with van der Waals surface area (Å²) < 4.78 is 1.21. The highest BCUT2D eigenvalue weighted by Gasteiger charge is 2.41. The van der Waals surface area contributed by atoms with E-state index in [0.717, 1.165) is 19.4 Å². The van der Waals surface area contributed by atoms with E-state index in [0.29, 0.717) is 24.4 Å². The second kappa shape index (κ2) is 5.78. The fraction of sp³-hybridized carbons (Fsp3) is 0.667. The Hall–Kier alpha value is -0.390. The second-order valence-electron chi connectivity index (χ2n) is 6.11. The molecule has 2 saturated heterocycles. The minimum atomic E-state index is -0.638. The summed E-state index contributed by atoms with van der Waals surface area (Å²) >= 11 is 5.46. The Labute approximate surface area is 132 Å². The van der Waals surface area contributed by atoms with E-state index in [9.17, 15) is 4.79 Å². The predicted molar refractivity (Wildman–Crippen MR) is 84.1 cm³/mol. The van der Waals surface area contributed by atoms with Crippen LogP contribution in [-0.4, -0.2) is 28.1 Å². The van der Waals surface area contributed by atoms with E-state index in [4.69, 9.17) is 5.11 Å². The smallest absolute Gasteiger partial charge is 0.303 e. The number of hydrogen-bond acceptors (Lipinski definition) is 3. The molecule has 1 N–H and O–H groups in total. The fourth-order valence-corrected chi connectivity index (χ4v) is 5.45. The van der Waals surface area contributed by atoms with Crippen molar-refractivity contribution in [1.29, 1.82) is 0 Å². The summed E-state index contributed by atoms with van der Waals surface area (Å²) in [6.45, 7) is 3.18. The Balaban J connectivity index is 1.66. The molecule has 0 saturated carbocycles. The topological polar surface area (TPSA) is 40.5 Å². The third-order valence-electron chi connectivity index (χ3n) is 4.69. The molecule has 0 aliphatic carbocycles. The number of halogens is 1. The van der Waals surface area contributed by atoms with Gasteiger partial charge in [-0.1, -0.05) is 0 Å². The summed E-state index contributed by atoms with van der Waals surface area (Å²) in [5.74, 6) is -0.251. The van der Waals surface area contributed by atoms with Crippen molar-refractivity contribution < 1.29 is 9.90 Å². The van der Waals surface area contributed by atoms with Crippen LogP contribution < -0.4 is 0 Å². The van der Waals surface area contributed by atoms with Crippen molar-refractivity contribution in [2.75, 3.05) is 0 Å². The van der Waals surface area contributed by atoms with Crippen molar-refractivity contribution in [3.63, 3.8) is 0 Å². The molecule has 20 heavy (non-hydrogen) atoms. The number of rotatable bonds is 4. The zero-order valence-electron chi connectivity index (χ0n) is 11.6. The van der Waals surface area contributed by atoms with E-state index in [-0.39, 0.29) is 0 Å². The number of carboxylic acids is 1. The van der Waals surface area contributed by atoms with Crippen molar-refractivity contribution in [3.05, 3.63) is 20.3 Å². The molecule has 2 bridgehead atoms. The summed E-state index contributed by atoms with van der Waals surface area (Å²) in [7, 11) is 0. The molecule has 2 atom stereocenters. The first kappa shape index (κ1) is 14.5. The van der Waals surface area contributed by atoms with Gasteiger partial charge in [-0.2, -0.15) is 0 Å². The third-order valence-corrected chi connectivity index (χ3v) is 6.81. The van der Waals surface area contributed by atoms with Crippen LogP contribution in [0.3, 0.4) is 0 Å². The number of aliphatic carboxylic acids is 1. The van der Waals surface area contributed by atoms with Crippen molar-refractivity contribution in [2.24, 2.45) is 5.92 Å². The van der Waals surface area contributed by atoms with E-state index >= 15 is 0 Å². The van der Waals surface area contributed by atoms with E-state index in [1.54, 1.807) is 0 Å². The average molecular weight is 358 g/mol. The Kier molecular flexibility index (Phi) is 4.20. The van der Waals surface area contributed by atoms with Gasteiger partial charge in [-0.25, -0.2) is 0 Å². The first-order valence-corrected chi connectivity index (χ1v) is 8.86. The molecule has 110 valence electrons. The predicted octanol–water partition coefficient (Wildman–Crippen LogP) is 4.04. The van der Waals surface area contributed by atoms with E-state index < -0.39 is 5.97 Å². The number of fused-ring (bicyclic) bond motifs is 2. The first-order valence-electron chi connectivity index (χ1n) is 7.25. The molecule has 1 aromatic rings. The maximum absolute atomic E-state index is 10.9. The van der Waals surface area contributed by atoms with Crippen LogP contribution in [0.4, 0.5) is 0 Å². The van der Waals surface area contributed by atoms with Crippen LogP contribution in [0, 0.1) is 12.8 Å². The first-order chi connectivity index (χ1) is 9.52. The highest BCUT2D eigenvalue weighted by atomic mass is 79.9. The number of hydrogen-bond donors (Lipinski definition) is 1. The maximum atomic E-state index is 10.9. The molecule has 3 heterocycles. The molecule has 0 radical (unpaired) electrons. The highest BCUT2D eigenvalue weighted by Crippen LogP contribution is 2.41. The van der Waals surface area contributed by atoms with E-state index in [1.807, 2.05) is 11.3 Å². The molecule has 0 amide bonds. The summed E-state index contributed by atoms with van der Waals surface area (Å²) in [5, 5.41) is 8.98. The highest BCUT2D eigenvalue weighted by molar-refractivity contribution is 9.10. The van der Waals surface area contributed by atoms with Gasteiger partial charge in [0.2, 0.25) is 0 Å². The van der Waals surface area contributed by atoms with Crippen LogP contribution in [0.25, 0.3) is 0 Å². The summed E-state index contributed by atoms with van der Waals surface area (Å²) in [6, 6.07) is 3.43. The molecule has 2 fully saturated rings. The third kappa shape index (κ3) is 2.95. The number of carboxylic acid groups (broad SMARTS) is 1. The van der Waals surface area contributed by atoms with Gasteiger partial charge >= 0.3 is 5.97 Å². The summed E-state index contributed by atoms with van der Waals surface area (Å²) in [6.07, 6.45) is 4.96. The monoisotopic (exact) mass is 357 g/mol. The lowest BCUT2D eigenvalue weighted by atomic mass is 9.88. The Morgan fingerprint density at radius 3 is 2.60 bits per heavy atom. The number of aryl methyl sites for hydroxylation is 1. The average Bonchev–Trinajstić information content (AvgIpc) is 2.79. The van der Waals surface area contributed by atoms with E-state index in [1.165, 1.54) is 27.1 Å². The van der Waals surface area contributed by atoms with Gasteiger partial charge < -0.3 is 5.11 Å². The number of nitrogens with zero attached hydrogens (tertiary/aromatic N) is 1. The zero-order valence-corrected chi connectivity index (χ0v) is 14.0. The molecule has 3 nitrogen and oxygen atoms in total. The van der Waals surface area contributed by atoms with Gasteiger partial charge in [0.1, 0.15) is 0 Å². The number of piperidine rings is 1. The summed E-state index contributed by atoms with van der Waals surface area (Å²) in [5.41, 5.74) is 0. The van der Waals surface area contributed by atoms with Crippen LogP contribution in [0.5, 0.6) is 0 Å². The van der Waals surface area contributed by atoms with Crippen molar-refractivity contribution in [3.8, 4) is 0 Å². The van der Waals surface area contributed by atoms with Gasteiger partial charge in [0, 0.05) is 39.3 Å². The molecule has 2 unspecified atom stereocenters. The molecule has 2 aliphatic rings. The maximum Gasteiger partial charge on any atom is 0.303 e. The normalized spacial score (nSPS) is 29.8. The number of thiophene rings is 1. The molecule has 0 aromatic carbocycles. The zero-order chi connectivity index (χ0) is 14.3.